The number of piperidine rings is 1. The molecule has 0 aliphatic carbocycles. The molecule has 1 saturated heterocycles. The highest BCUT2D eigenvalue weighted by atomic mass is 16.5. The molecule has 28 heavy (non-hydrogen) atoms. The smallest absolute Gasteiger partial charge is 0.257 e. The minimum Gasteiger partial charge on any atom is -0.507 e. The van der Waals surface area contributed by atoms with Crippen LogP contribution in [0.25, 0.3) is 10.8 Å². The van der Waals surface area contributed by atoms with Gasteiger partial charge >= 0.3 is 0 Å². The van der Waals surface area contributed by atoms with E-state index in [2.05, 4.69) is 32.0 Å². The summed E-state index contributed by atoms with van der Waals surface area (Å²) in [5, 5.41) is 12.2. The van der Waals surface area contributed by atoms with Crippen LogP contribution in [0.3, 0.4) is 0 Å². The molecule has 1 aliphatic rings. The third-order valence-corrected chi connectivity index (χ3v) is 5.46. The number of benzene rings is 3. The van der Waals surface area contributed by atoms with Crippen molar-refractivity contribution in [3.63, 3.8) is 0 Å². The van der Waals surface area contributed by atoms with E-state index in [1.807, 2.05) is 29.2 Å². The van der Waals surface area contributed by atoms with Crippen LogP contribution in [-0.2, 0) is 0 Å². The van der Waals surface area contributed by atoms with Crippen molar-refractivity contribution < 1.29 is 14.6 Å². The third-order valence-electron chi connectivity index (χ3n) is 5.46. The van der Waals surface area contributed by atoms with Crippen LogP contribution in [0.5, 0.6) is 11.5 Å². The third kappa shape index (κ3) is 3.68. The Bertz CT molecular complexity index is 1020. The van der Waals surface area contributed by atoms with Gasteiger partial charge in [-0.05, 0) is 53.9 Å². The van der Waals surface area contributed by atoms with Gasteiger partial charge in [0, 0.05) is 25.9 Å². The van der Waals surface area contributed by atoms with E-state index < -0.39 is 0 Å². The zero-order chi connectivity index (χ0) is 19.7. The molecule has 1 fully saturated rings. The molecular formula is C24H25NO3. The summed E-state index contributed by atoms with van der Waals surface area (Å²) in [6, 6.07) is 17.4. The Morgan fingerprint density at radius 1 is 1.00 bits per heavy atom. The van der Waals surface area contributed by atoms with Crippen LogP contribution < -0.4 is 4.74 Å². The summed E-state index contributed by atoms with van der Waals surface area (Å²) in [5.41, 5.74) is 2.68. The molecule has 4 nitrogen and oxygen atoms in total. The molecule has 144 valence electrons. The van der Waals surface area contributed by atoms with E-state index in [4.69, 9.17) is 4.74 Å². The molecule has 0 radical (unpaired) electrons. The molecule has 0 unspecified atom stereocenters. The topological polar surface area (TPSA) is 49.8 Å². The van der Waals surface area contributed by atoms with Crippen molar-refractivity contribution in [2.45, 2.75) is 32.8 Å². The molecule has 0 bridgehead atoms. The predicted molar refractivity (Wildman–Crippen MR) is 111 cm³/mol. The second kappa shape index (κ2) is 7.55. The molecule has 4 rings (SSSR count). The molecule has 1 aliphatic heterocycles. The van der Waals surface area contributed by atoms with E-state index >= 15 is 0 Å². The minimum atomic E-state index is -0.117. The Morgan fingerprint density at radius 2 is 1.68 bits per heavy atom. The summed E-state index contributed by atoms with van der Waals surface area (Å²) in [5.74, 6) is 0.850. The molecule has 3 aromatic rings. The van der Waals surface area contributed by atoms with Crippen molar-refractivity contribution in [1.29, 1.82) is 0 Å². The van der Waals surface area contributed by atoms with Gasteiger partial charge in [-0.15, -0.1) is 0 Å². The summed E-state index contributed by atoms with van der Waals surface area (Å²) in [6.07, 6.45) is 1.68. The number of ether oxygens (including phenoxy) is 1. The number of nitrogens with zero attached hydrogens (tertiary/aromatic N) is 1. The maximum Gasteiger partial charge on any atom is 0.257 e. The first-order valence-electron chi connectivity index (χ1n) is 9.76. The predicted octanol–water partition coefficient (Wildman–Crippen LogP) is 4.85. The van der Waals surface area contributed by atoms with Crippen molar-refractivity contribution in [2.24, 2.45) is 0 Å². The Morgan fingerprint density at radius 3 is 2.39 bits per heavy atom. The normalized spacial score (nSPS) is 15.0. The first kappa shape index (κ1) is 18.4. The monoisotopic (exact) mass is 375 g/mol. The first-order chi connectivity index (χ1) is 13.5. The average molecular weight is 375 g/mol. The van der Waals surface area contributed by atoms with Gasteiger partial charge in [-0.1, -0.05) is 36.4 Å². The lowest BCUT2D eigenvalue weighted by atomic mass is 10.0. The van der Waals surface area contributed by atoms with Crippen LogP contribution in [0.2, 0.25) is 0 Å². The Hall–Kier alpha value is -3.01. The minimum absolute atomic E-state index is 0.0393. The fourth-order valence-corrected chi connectivity index (χ4v) is 3.76. The lowest BCUT2D eigenvalue weighted by Gasteiger charge is -2.32. The van der Waals surface area contributed by atoms with E-state index in [0.29, 0.717) is 18.7 Å². The number of likely N-dealkylation sites (tertiary alicyclic amines) is 1. The second-order valence-corrected chi connectivity index (χ2v) is 7.59. The van der Waals surface area contributed by atoms with Gasteiger partial charge in [-0.2, -0.15) is 0 Å². The van der Waals surface area contributed by atoms with Crippen LogP contribution in [0.4, 0.5) is 0 Å². The average Bonchev–Trinajstić information content (AvgIpc) is 2.70. The number of aromatic hydroxyl groups is 1. The number of carbonyl (C=O) groups excluding carboxylic acids is 1. The second-order valence-electron chi connectivity index (χ2n) is 7.59. The van der Waals surface area contributed by atoms with E-state index in [0.717, 1.165) is 34.9 Å². The molecule has 3 aromatic carbocycles. The van der Waals surface area contributed by atoms with Gasteiger partial charge in [-0.25, -0.2) is 0 Å². The molecule has 0 atom stereocenters. The quantitative estimate of drug-likeness (QED) is 0.712. The number of phenolic OH excluding ortho intramolecular Hbond substituents is 1. The first-order valence-corrected chi connectivity index (χ1v) is 9.76. The van der Waals surface area contributed by atoms with Crippen molar-refractivity contribution in [3.05, 3.63) is 71.3 Å². The highest BCUT2D eigenvalue weighted by Gasteiger charge is 2.26. The highest BCUT2D eigenvalue weighted by molar-refractivity contribution is 6.01. The van der Waals surface area contributed by atoms with Crippen LogP contribution in [0.15, 0.2) is 54.6 Å². The Kier molecular flexibility index (Phi) is 4.95. The van der Waals surface area contributed by atoms with Crippen molar-refractivity contribution in [2.75, 3.05) is 13.1 Å². The number of phenols is 1. The van der Waals surface area contributed by atoms with Crippen LogP contribution in [0.1, 0.15) is 34.3 Å². The summed E-state index contributed by atoms with van der Waals surface area (Å²) in [4.78, 5) is 14.8. The van der Waals surface area contributed by atoms with E-state index in [9.17, 15) is 9.90 Å². The van der Waals surface area contributed by atoms with Crippen LogP contribution in [-0.4, -0.2) is 35.1 Å². The van der Waals surface area contributed by atoms with E-state index in [1.165, 1.54) is 5.56 Å². The SMILES string of the molecule is Cc1ccc(C)c(OC2CCN(C(=O)c3cc4ccccc4cc3O)CC2)c1. The zero-order valence-corrected chi connectivity index (χ0v) is 16.3. The molecule has 4 heteroatoms. The largest absolute Gasteiger partial charge is 0.507 e. The fraction of sp³-hybridized carbons (Fsp3) is 0.292. The number of aryl methyl sites for hydroxylation is 2. The summed E-state index contributed by atoms with van der Waals surface area (Å²) in [7, 11) is 0. The lowest BCUT2D eigenvalue weighted by molar-refractivity contribution is 0.0592. The summed E-state index contributed by atoms with van der Waals surface area (Å²) < 4.78 is 6.19. The van der Waals surface area contributed by atoms with Gasteiger partial charge in [-0.3, -0.25) is 4.79 Å². The molecule has 1 amide bonds. The fourth-order valence-electron chi connectivity index (χ4n) is 3.76. The Labute approximate surface area is 165 Å². The molecule has 1 heterocycles. The van der Waals surface area contributed by atoms with Gasteiger partial charge < -0.3 is 14.7 Å². The van der Waals surface area contributed by atoms with Crippen molar-refractivity contribution in [3.8, 4) is 11.5 Å². The highest BCUT2D eigenvalue weighted by Crippen LogP contribution is 2.28. The van der Waals surface area contributed by atoms with Gasteiger partial charge in [0.2, 0.25) is 0 Å². The number of hydrogen-bond donors (Lipinski definition) is 1. The van der Waals surface area contributed by atoms with Crippen LogP contribution >= 0.6 is 0 Å². The van der Waals surface area contributed by atoms with Gasteiger partial charge in [0.15, 0.2) is 0 Å². The van der Waals surface area contributed by atoms with Crippen molar-refractivity contribution in [1.82, 2.24) is 4.90 Å². The maximum atomic E-state index is 13.0. The number of hydrogen-bond acceptors (Lipinski definition) is 3. The van der Waals surface area contributed by atoms with Crippen LogP contribution in [0, 0.1) is 13.8 Å². The van der Waals surface area contributed by atoms with E-state index in [1.54, 1.807) is 12.1 Å². The number of fused-ring (bicyclic) bond motifs is 1. The molecule has 0 saturated carbocycles. The molecule has 0 aromatic heterocycles. The van der Waals surface area contributed by atoms with Gasteiger partial charge in [0.05, 0.1) is 5.56 Å². The zero-order valence-electron chi connectivity index (χ0n) is 16.3. The Balaban J connectivity index is 1.44. The molecular weight excluding hydrogens is 350 g/mol. The number of carbonyl (C=O) groups is 1. The summed E-state index contributed by atoms with van der Waals surface area (Å²) in [6.45, 7) is 5.36. The van der Waals surface area contributed by atoms with Crippen molar-refractivity contribution >= 4 is 16.7 Å². The van der Waals surface area contributed by atoms with Gasteiger partial charge in [0.25, 0.3) is 5.91 Å². The van der Waals surface area contributed by atoms with Gasteiger partial charge in [0.1, 0.15) is 17.6 Å². The van der Waals surface area contributed by atoms with E-state index in [-0.39, 0.29) is 17.8 Å². The maximum absolute atomic E-state index is 13.0. The summed E-state index contributed by atoms with van der Waals surface area (Å²) >= 11 is 0. The number of amides is 1. The standard InChI is InChI=1S/C24H25NO3/c1-16-7-8-17(2)23(13-16)28-20-9-11-25(12-10-20)24(27)21-14-18-5-3-4-6-19(18)15-22(21)26/h3-8,13-15,20,26H,9-12H2,1-2H3. The number of rotatable bonds is 3. The molecule has 0 spiro atoms. The lowest BCUT2D eigenvalue weighted by Crippen LogP contribution is -2.41. The molecule has 1 N–H and O–H groups in total.